The fourth-order valence-electron chi connectivity index (χ4n) is 1.19. The summed E-state index contributed by atoms with van der Waals surface area (Å²) in [6.45, 7) is 2.08. The molecule has 0 bridgehead atoms. The molecule has 0 aromatic rings. The van der Waals surface area contributed by atoms with Gasteiger partial charge in [-0.3, -0.25) is 9.59 Å². The largest absolute Gasteiger partial charge is 0.480 e. The Hall–Kier alpha value is -1.19. The van der Waals surface area contributed by atoms with Crippen LogP contribution in [0.15, 0.2) is 0 Å². The highest BCUT2D eigenvalue weighted by Crippen LogP contribution is 2.02. The number of carbonyl (C=O) groups excluding carboxylic acids is 1. The Morgan fingerprint density at radius 1 is 1.37 bits per heavy atom. The van der Waals surface area contributed by atoms with Crippen LogP contribution in [0.2, 0.25) is 0 Å². The summed E-state index contributed by atoms with van der Waals surface area (Å²) in [5.41, 5.74) is 0. The summed E-state index contributed by atoms with van der Waals surface area (Å²) in [7, 11) is -2.59. The Morgan fingerprint density at radius 3 is 2.47 bits per heavy atom. The van der Waals surface area contributed by atoms with Crippen molar-refractivity contribution in [3.8, 4) is 0 Å². The van der Waals surface area contributed by atoms with Crippen molar-refractivity contribution in [3.05, 3.63) is 0 Å². The van der Waals surface area contributed by atoms with E-state index in [0.29, 0.717) is 6.61 Å². The molecule has 0 saturated heterocycles. The molecule has 9 heteroatoms. The molecule has 1 unspecified atom stereocenters. The van der Waals surface area contributed by atoms with E-state index in [4.69, 9.17) is 9.84 Å². The van der Waals surface area contributed by atoms with Crippen LogP contribution >= 0.6 is 0 Å². The molecule has 0 amide bonds. The fraction of sp³-hybridized carbons (Fsp3) is 0.800. The van der Waals surface area contributed by atoms with Crippen LogP contribution in [0.5, 0.6) is 0 Å². The van der Waals surface area contributed by atoms with Gasteiger partial charge in [0.15, 0.2) is 0 Å². The molecule has 112 valence electrons. The molecule has 0 aromatic carbocycles. The normalized spacial score (nSPS) is 12.9. The second-order valence-corrected chi connectivity index (χ2v) is 5.51. The van der Waals surface area contributed by atoms with E-state index < -0.39 is 28.0 Å². The summed E-state index contributed by atoms with van der Waals surface area (Å²) in [5, 5.41) is 8.88. The molecule has 19 heavy (non-hydrogen) atoms. The summed E-state index contributed by atoms with van der Waals surface area (Å²) in [4.78, 5) is 21.8. The number of sulfonamides is 1. The van der Waals surface area contributed by atoms with Crippen LogP contribution < -0.4 is 4.72 Å². The summed E-state index contributed by atoms with van der Waals surface area (Å²) >= 11 is 0. The minimum Gasteiger partial charge on any atom is -0.480 e. The minimum atomic E-state index is -3.76. The standard InChI is InChI=1S/C10H19NO7S/c1-3-18-6-7-19(15,16)11-8(10(13)14)4-5-9(12)17-2/h8,11H,3-7H2,1-2H3,(H,13,14). The Morgan fingerprint density at radius 2 is 2.00 bits per heavy atom. The van der Waals surface area contributed by atoms with Crippen molar-refractivity contribution in [2.75, 3.05) is 26.1 Å². The van der Waals surface area contributed by atoms with Crippen molar-refractivity contribution in [1.29, 1.82) is 0 Å². The van der Waals surface area contributed by atoms with Crippen LogP contribution in [0, 0.1) is 0 Å². The van der Waals surface area contributed by atoms with E-state index in [2.05, 4.69) is 4.74 Å². The van der Waals surface area contributed by atoms with Gasteiger partial charge in [-0.15, -0.1) is 0 Å². The van der Waals surface area contributed by atoms with Crippen molar-refractivity contribution < 1.29 is 32.6 Å². The van der Waals surface area contributed by atoms with Gasteiger partial charge in [0, 0.05) is 13.0 Å². The number of hydrogen-bond donors (Lipinski definition) is 2. The van der Waals surface area contributed by atoms with E-state index in [1.807, 2.05) is 4.72 Å². The fourth-order valence-corrected chi connectivity index (χ4v) is 2.29. The molecule has 2 N–H and O–H groups in total. The highest BCUT2D eigenvalue weighted by molar-refractivity contribution is 7.89. The highest BCUT2D eigenvalue weighted by atomic mass is 32.2. The summed E-state index contributed by atoms with van der Waals surface area (Å²) in [5.74, 6) is -2.27. The predicted molar refractivity (Wildman–Crippen MR) is 66.1 cm³/mol. The number of ether oxygens (including phenoxy) is 2. The molecule has 8 nitrogen and oxygen atoms in total. The maximum Gasteiger partial charge on any atom is 0.321 e. The van der Waals surface area contributed by atoms with Gasteiger partial charge in [0.2, 0.25) is 10.0 Å². The third-order valence-corrected chi connectivity index (χ3v) is 3.53. The van der Waals surface area contributed by atoms with Gasteiger partial charge in [-0.2, -0.15) is 0 Å². The lowest BCUT2D eigenvalue weighted by atomic mass is 10.2. The SMILES string of the molecule is CCOCCS(=O)(=O)NC(CCC(=O)OC)C(=O)O. The van der Waals surface area contributed by atoms with Crippen molar-refractivity contribution in [3.63, 3.8) is 0 Å². The minimum absolute atomic E-state index is 0.0187. The number of methoxy groups -OCH3 is 1. The second-order valence-electron chi connectivity index (χ2n) is 3.64. The number of hydrogen-bond acceptors (Lipinski definition) is 6. The Bertz CT molecular complexity index is 393. The van der Waals surface area contributed by atoms with Gasteiger partial charge in [-0.05, 0) is 13.3 Å². The molecular formula is C10H19NO7S. The third kappa shape index (κ3) is 8.51. The average molecular weight is 297 g/mol. The number of carbonyl (C=O) groups is 2. The van der Waals surface area contributed by atoms with Gasteiger partial charge in [-0.1, -0.05) is 0 Å². The van der Waals surface area contributed by atoms with E-state index >= 15 is 0 Å². The zero-order valence-electron chi connectivity index (χ0n) is 10.9. The molecule has 0 aliphatic rings. The van der Waals surface area contributed by atoms with E-state index in [1.165, 1.54) is 7.11 Å². The lowest BCUT2D eigenvalue weighted by Crippen LogP contribution is -2.42. The van der Waals surface area contributed by atoms with Crippen LogP contribution in [-0.4, -0.2) is 57.6 Å². The molecule has 0 fully saturated rings. The smallest absolute Gasteiger partial charge is 0.321 e. The van der Waals surface area contributed by atoms with Gasteiger partial charge < -0.3 is 14.6 Å². The summed E-state index contributed by atoms with van der Waals surface area (Å²) in [6, 6.07) is -1.36. The number of carboxylic acid groups (broad SMARTS) is 1. The molecule has 0 aliphatic carbocycles. The van der Waals surface area contributed by atoms with Gasteiger partial charge >= 0.3 is 11.9 Å². The van der Waals surface area contributed by atoms with E-state index in [9.17, 15) is 18.0 Å². The number of rotatable bonds is 10. The first kappa shape index (κ1) is 17.8. The zero-order valence-corrected chi connectivity index (χ0v) is 11.7. The number of aliphatic carboxylic acids is 1. The van der Waals surface area contributed by atoms with Gasteiger partial charge in [0.05, 0.1) is 19.5 Å². The van der Waals surface area contributed by atoms with Crippen LogP contribution in [0.3, 0.4) is 0 Å². The Labute approximate surface area is 112 Å². The maximum absolute atomic E-state index is 11.6. The zero-order chi connectivity index (χ0) is 14.9. The number of nitrogens with one attached hydrogen (secondary N) is 1. The summed E-state index contributed by atoms with van der Waals surface area (Å²) in [6.07, 6.45) is -0.350. The lowest BCUT2D eigenvalue weighted by molar-refractivity contribution is -0.142. The van der Waals surface area contributed by atoms with Crippen LogP contribution in [0.25, 0.3) is 0 Å². The molecule has 0 rings (SSSR count). The van der Waals surface area contributed by atoms with Gasteiger partial charge in [0.1, 0.15) is 6.04 Å². The quantitative estimate of drug-likeness (QED) is 0.406. The lowest BCUT2D eigenvalue weighted by Gasteiger charge is -2.14. The molecular weight excluding hydrogens is 278 g/mol. The van der Waals surface area contributed by atoms with Crippen LogP contribution in [0.4, 0.5) is 0 Å². The van der Waals surface area contributed by atoms with Gasteiger partial charge in [-0.25, -0.2) is 13.1 Å². The van der Waals surface area contributed by atoms with Crippen molar-refractivity contribution >= 4 is 22.0 Å². The van der Waals surface area contributed by atoms with Crippen LogP contribution in [0.1, 0.15) is 19.8 Å². The molecule has 1 atom stereocenters. The monoisotopic (exact) mass is 297 g/mol. The Balaban J connectivity index is 4.40. The highest BCUT2D eigenvalue weighted by Gasteiger charge is 2.24. The first-order valence-electron chi connectivity index (χ1n) is 5.69. The average Bonchev–Trinajstić information content (AvgIpc) is 2.33. The van der Waals surface area contributed by atoms with Crippen molar-refractivity contribution in [1.82, 2.24) is 4.72 Å². The molecule has 0 heterocycles. The summed E-state index contributed by atoms with van der Waals surface area (Å²) < 4.78 is 34.4. The molecule has 0 aliphatic heterocycles. The Kier molecular flexibility index (Phi) is 8.28. The predicted octanol–water partition coefficient (Wildman–Crippen LogP) is -0.651. The molecule has 0 spiro atoms. The molecule has 0 aromatic heterocycles. The topological polar surface area (TPSA) is 119 Å². The number of esters is 1. The van der Waals surface area contributed by atoms with E-state index in [-0.39, 0.29) is 25.2 Å². The van der Waals surface area contributed by atoms with E-state index in [0.717, 1.165) is 0 Å². The van der Waals surface area contributed by atoms with Gasteiger partial charge in [0.25, 0.3) is 0 Å². The maximum atomic E-state index is 11.6. The third-order valence-electron chi connectivity index (χ3n) is 2.19. The van der Waals surface area contributed by atoms with Crippen LogP contribution in [-0.2, 0) is 29.1 Å². The molecule has 0 saturated carbocycles. The number of carboxylic acids is 1. The van der Waals surface area contributed by atoms with E-state index in [1.54, 1.807) is 6.92 Å². The first-order valence-corrected chi connectivity index (χ1v) is 7.35. The first-order chi connectivity index (χ1) is 8.82. The van der Waals surface area contributed by atoms with Crippen molar-refractivity contribution in [2.45, 2.75) is 25.8 Å². The second kappa shape index (κ2) is 8.83. The molecule has 0 radical (unpaired) electrons. The van der Waals surface area contributed by atoms with Crippen molar-refractivity contribution in [2.24, 2.45) is 0 Å².